The van der Waals surface area contributed by atoms with Crippen LogP contribution in [0, 0.1) is 6.92 Å². The third-order valence-corrected chi connectivity index (χ3v) is 6.09. The van der Waals surface area contributed by atoms with Gasteiger partial charge in [-0.2, -0.15) is 0 Å². The van der Waals surface area contributed by atoms with Crippen LogP contribution in [0.1, 0.15) is 41.6 Å². The molecule has 2 aromatic rings. The van der Waals surface area contributed by atoms with Gasteiger partial charge in [-0.15, -0.1) is 0 Å². The molecule has 2 aliphatic heterocycles. The average molecular weight is 422 g/mol. The van der Waals surface area contributed by atoms with E-state index in [-0.39, 0.29) is 11.8 Å². The summed E-state index contributed by atoms with van der Waals surface area (Å²) in [4.78, 5) is 37.0. The van der Waals surface area contributed by atoms with Gasteiger partial charge in [0.25, 0.3) is 5.91 Å². The molecule has 0 saturated carbocycles. The lowest BCUT2D eigenvalue weighted by Gasteiger charge is -2.32. The van der Waals surface area contributed by atoms with Gasteiger partial charge in [0.15, 0.2) is 5.82 Å². The molecular weight excluding hydrogens is 390 g/mol. The lowest BCUT2D eigenvalue weighted by atomic mass is 10.1. The van der Waals surface area contributed by atoms with Gasteiger partial charge in [0, 0.05) is 38.8 Å². The Morgan fingerprint density at radius 3 is 2.71 bits per heavy atom. The first-order valence-electron chi connectivity index (χ1n) is 11.1. The summed E-state index contributed by atoms with van der Waals surface area (Å²) in [6.07, 6.45) is 5.02. The fourth-order valence-corrected chi connectivity index (χ4v) is 4.23. The van der Waals surface area contributed by atoms with Gasteiger partial charge >= 0.3 is 0 Å². The molecular formula is C24H31N5O2. The second-order valence-corrected chi connectivity index (χ2v) is 8.53. The van der Waals surface area contributed by atoms with Crippen molar-refractivity contribution in [2.75, 3.05) is 50.0 Å². The molecule has 0 unspecified atom stereocenters. The highest BCUT2D eigenvalue weighted by molar-refractivity contribution is 6.17. The second-order valence-electron chi connectivity index (χ2n) is 8.53. The van der Waals surface area contributed by atoms with Crippen LogP contribution in [-0.4, -0.2) is 66.4 Å². The third-order valence-electron chi connectivity index (χ3n) is 6.09. The van der Waals surface area contributed by atoms with Gasteiger partial charge in [-0.3, -0.25) is 14.5 Å². The van der Waals surface area contributed by atoms with Crippen molar-refractivity contribution in [1.29, 1.82) is 0 Å². The minimum atomic E-state index is -0.213. The molecule has 1 aromatic carbocycles. The molecule has 3 heterocycles. The molecule has 1 saturated heterocycles. The summed E-state index contributed by atoms with van der Waals surface area (Å²) >= 11 is 0. The number of aryl methyl sites for hydroxylation is 1. The number of hydrogen-bond acceptors (Lipinski definition) is 5. The molecule has 0 radical (unpaired) electrons. The molecule has 1 N–H and O–H groups in total. The molecule has 0 spiro atoms. The molecule has 4 rings (SSSR count). The molecule has 0 atom stereocenters. The van der Waals surface area contributed by atoms with E-state index in [4.69, 9.17) is 0 Å². The number of fused-ring (bicyclic) bond motifs is 2. The van der Waals surface area contributed by atoms with Crippen LogP contribution in [0.3, 0.4) is 0 Å². The van der Waals surface area contributed by atoms with E-state index >= 15 is 0 Å². The predicted molar refractivity (Wildman–Crippen MR) is 123 cm³/mol. The van der Waals surface area contributed by atoms with Crippen LogP contribution < -0.4 is 10.2 Å². The fourth-order valence-electron chi connectivity index (χ4n) is 4.23. The molecule has 1 aromatic heterocycles. The van der Waals surface area contributed by atoms with Gasteiger partial charge in [-0.05, 0) is 57.6 Å². The first-order chi connectivity index (χ1) is 15.0. The van der Waals surface area contributed by atoms with E-state index < -0.39 is 0 Å². The Balaban J connectivity index is 1.42. The zero-order valence-corrected chi connectivity index (χ0v) is 18.4. The van der Waals surface area contributed by atoms with Gasteiger partial charge < -0.3 is 15.1 Å². The lowest BCUT2D eigenvalue weighted by molar-refractivity contribution is -0.118. The number of benzene rings is 1. The van der Waals surface area contributed by atoms with Crippen molar-refractivity contribution in [3.63, 3.8) is 0 Å². The smallest absolute Gasteiger partial charge is 0.257 e. The van der Waals surface area contributed by atoms with Crippen molar-refractivity contribution >= 4 is 29.0 Å². The van der Waals surface area contributed by atoms with Gasteiger partial charge in [0.2, 0.25) is 5.91 Å². The first-order valence-corrected chi connectivity index (χ1v) is 11.1. The monoisotopic (exact) mass is 421 g/mol. The summed E-state index contributed by atoms with van der Waals surface area (Å²) in [5, 5.41) is 2.90. The Morgan fingerprint density at radius 1 is 1.10 bits per heavy atom. The summed E-state index contributed by atoms with van der Waals surface area (Å²) in [6, 6.07) is 9.15. The number of nitrogens with zero attached hydrogens (tertiary/aromatic N) is 4. The van der Waals surface area contributed by atoms with Crippen LogP contribution in [0.15, 0.2) is 36.5 Å². The predicted octanol–water partition coefficient (Wildman–Crippen LogP) is 3.43. The van der Waals surface area contributed by atoms with Crippen LogP contribution in [0.2, 0.25) is 0 Å². The Morgan fingerprint density at radius 2 is 1.90 bits per heavy atom. The molecule has 164 valence electrons. The highest BCUT2D eigenvalue weighted by Gasteiger charge is 2.30. The van der Waals surface area contributed by atoms with E-state index in [2.05, 4.69) is 27.1 Å². The number of unbranched alkanes of at least 4 members (excludes halogenated alkanes) is 2. The standard InChI is InChI=1S/C24H31N5O2/c1-18-9-10-21-19(17-18)24(31)26-20-7-6-11-25-23(20)29(21)22(30)8-4-3-5-12-28-15-13-27(2)14-16-28/h6-7,9-11,17H,3-5,8,12-16H2,1-2H3,(H,26,31). The van der Waals surface area contributed by atoms with Crippen molar-refractivity contribution < 1.29 is 9.59 Å². The summed E-state index contributed by atoms with van der Waals surface area (Å²) in [5.74, 6) is 0.248. The Bertz CT molecular complexity index is 953. The minimum absolute atomic E-state index is 0.0267. The van der Waals surface area contributed by atoms with E-state index in [1.54, 1.807) is 23.2 Å². The molecule has 31 heavy (non-hydrogen) atoms. The number of piperazine rings is 1. The fraction of sp³-hybridized carbons (Fsp3) is 0.458. The van der Waals surface area contributed by atoms with Gasteiger partial charge in [0.05, 0.1) is 16.9 Å². The van der Waals surface area contributed by atoms with Crippen molar-refractivity contribution in [3.8, 4) is 0 Å². The maximum atomic E-state index is 13.3. The van der Waals surface area contributed by atoms with Gasteiger partial charge in [-0.25, -0.2) is 4.98 Å². The van der Waals surface area contributed by atoms with Crippen LogP contribution in [-0.2, 0) is 4.79 Å². The summed E-state index contributed by atoms with van der Waals surface area (Å²) < 4.78 is 0. The number of rotatable bonds is 6. The number of carbonyl (C=O) groups excluding carboxylic acids is 2. The quantitative estimate of drug-likeness (QED) is 0.724. The summed E-state index contributed by atoms with van der Waals surface area (Å²) in [5.41, 5.74) is 2.64. The molecule has 0 bridgehead atoms. The van der Waals surface area contributed by atoms with Gasteiger partial charge in [0.1, 0.15) is 0 Å². The Labute approximate surface area is 184 Å². The zero-order valence-electron chi connectivity index (χ0n) is 18.4. The van der Waals surface area contributed by atoms with Crippen LogP contribution >= 0.6 is 0 Å². The Kier molecular flexibility index (Phi) is 6.63. The molecule has 2 aliphatic rings. The largest absolute Gasteiger partial charge is 0.319 e. The molecule has 2 amide bonds. The van der Waals surface area contributed by atoms with E-state index in [0.717, 1.165) is 57.5 Å². The number of pyridine rings is 1. The highest BCUT2D eigenvalue weighted by Crippen LogP contribution is 2.37. The lowest BCUT2D eigenvalue weighted by Crippen LogP contribution is -2.44. The van der Waals surface area contributed by atoms with Crippen LogP contribution in [0.5, 0.6) is 0 Å². The number of carbonyl (C=O) groups is 2. The minimum Gasteiger partial charge on any atom is -0.319 e. The van der Waals surface area contributed by atoms with E-state index in [1.165, 1.54) is 0 Å². The normalized spacial score (nSPS) is 17.0. The summed E-state index contributed by atoms with van der Waals surface area (Å²) in [7, 11) is 2.17. The van der Waals surface area contributed by atoms with Crippen LogP contribution in [0.25, 0.3) is 0 Å². The number of likely N-dealkylation sites (N-methyl/N-ethyl adjacent to an activating group) is 1. The van der Waals surface area contributed by atoms with Crippen molar-refractivity contribution in [2.24, 2.45) is 0 Å². The molecule has 7 nitrogen and oxygen atoms in total. The molecule has 7 heteroatoms. The number of aromatic nitrogens is 1. The van der Waals surface area contributed by atoms with Gasteiger partial charge in [-0.1, -0.05) is 18.1 Å². The van der Waals surface area contributed by atoms with E-state index in [9.17, 15) is 9.59 Å². The molecule has 1 fully saturated rings. The third kappa shape index (κ3) is 4.94. The molecule has 0 aliphatic carbocycles. The van der Waals surface area contributed by atoms with Crippen molar-refractivity contribution in [2.45, 2.75) is 32.6 Å². The number of hydrogen-bond donors (Lipinski definition) is 1. The second kappa shape index (κ2) is 9.58. The number of amides is 2. The van der Waals surface area contributed by atoms with Crippen LogP contribution in [0.4, 0.5) is 17.2 Å². The number of anilines is 3. The maximum absolute atomic E-state index is 13.3. The average Bonchev–Trinajstić information content (AvgIpc) is 2.88. The van der Waals surface area contributed by atoms with E-state index in [0.29, 0.717) is 29.2 Å². The zero-order chi connectivity index (χ0) is 21.8. The topological polar surface area (TPSA) is 68.8 Å². The maximum Gasteiger partial charge on any atom is 0.257 e. The first kappa shape index (κ1) is 21.5. The van der Waals surface area contributed by atoms with Crippen molar-refractivity contribution in [1.82, 2.24) is 14.8 Å². The Hall–Kier alpha value is -2.77. The summed E-state index contributed by atoms with van der Waals surface area (Å²) in [6.45, 7) is 7.55. The SMILES string of the molecule is Cc1ccc2c(c1)C(=O)Nc1cccnc1N2C(=O)CCCCCN1CCN(C)CC1. The van der Waals surface area contributed by atoms with Crippen molar-refractivity contribution in [3.05, 3.63) is 47.7 Å². The highest BCUT2D eigenvalue weighted by atomic mass is 16.2. The van der Waals surface area contributed by atoms with E-state index in [1.807, 2.05) is 25.1 Å². The number of nitrogens with one attached hydrogen (secondary N) is 1.